The number of rotatable bonds is 5. The molecule has 21 heavy (non-hydrogen) atoms. The van der Waals surface area contributed by atoms with Gasteiger partial charge in [-0.15, -0.1) is 12.4 Å². The molecule has 0 unspecified atom stereocenters. The van der Waals surface area contributed by atoms with E-state index in [1.807, 2.05) is 10.8 Å². The van der Waals surface area contributed by atoms with E-state index in [4.69, 9.17) is 9.47 Å². The summed E-state index contributed by atoms with van der Waals surface area (Å²) < 4.78 is 15.0. The molecule has 1 aliphatic rings. The average Bonchev–Trinajstić information content (AvgIpc) is 3.11. The number of hydrogen-bond donors (Lipinski definition) is 0. The number of aryl methyl sites for hydroxylation is 1. The van der Waals surface area contributed by atoms with Crippen LogP contribution in [0.25, 0.3) is 0 Å². The highest BCUT2D eigenvalue weighted by Crippen LogP contribution is 2.27. The maximum atomic E-state index is 5.89. The molecule has 6 heteroatoms. The third-order valence-electron chi connectivity index (χ3n) is 3.50. The van der Waals surface area contributed by atoms with E-state index >= 15 is 0 Å². The van der Waals surface area contributed by atoms with Crippen LogP contribution in [0.2, 0.25) is 0 Å². The highest BCUT2D eigenvalue weighted by molar-refractivity contribution is 14.1. The van der Waals surface area contributed by atoms with Crippen LogP contribution in [-0.2, 0) is 22.4 Å². The molecular weight excluding hydrogens is 403 g/mol. The minimum atomic E-state index is -0.510. The Morgan fingerprint density at radius 1 is 1.19 bits per heavy atom. The minimum absolute atomic E-state index is 0. The van der Waals surface area contributed by atoms with Gasteiger partial charge in [-0.2, -0.15) is 0 Å². The third kappa shape index (κ3) is 4.42. The van der Waals surface area contributed by atoms with Gasteiger partial charge in [0.1, 0.15) is 0 Å². The van der Waals surface area contributed by atoms with Crippen molar-refractivity contribution in [3.63, 3.8) is 0 Å². The van der Waals surface area contributed by atoms with Crippen LogP contribution in [0, 0.1) is 3.57 Å². The second-order valence-electron chi connectivity index (χ2n) is 4.97. The predicted octanol–water partition coefficient (Wildman–Crippen LogP) is 3.29. The van der Waals surface area contributed by atoms with E-state index in [-0.39, 0.29) is 12.4 Å². The molecule has 0 atom stereocenters. The van der Waals surface area contributed by atoms with E-state index in [1.165, 1.54) is 9.13 Å². The first-order valence-electron chi connectivity index (χ1n) is 6.74. The Morgan fingerprint density at radius 2 is 1.90 bits per heavy atom. The number of hydrogen-bond acceptors (Lipinski definition) is 3. The Bertz CT molecular complexity index is 539. The number of nitrogens with zero attached hydrogens (tertiary/aromatic N) is 2. The van der Waals surface area contributed by atoms with Crippen LogP contribution in [0.3, 0.4) is 0 Å². The lowest BCUT2D eigenvalue weighted by atomic mass is 10.0. The zero-order valence-corrected chi connectivity index (χ0v) is 14.5. The van der Waals surface area contributed by atoms with Crippen LogP contribution < -0.4 is 0 Å². The molecule has 0 saturated carbocycles. The molecule has 0 amide bonds. The minimum Gasteiger partial charge on any atom is -0.346 e. The third-order valence-corrected chi connectivity index (χ3v) is 4.22. The average molecular weight is 421 g/mol. The summed E-state index contributed by atoms with van der Waals surface area (Å²) in [5, 5.41) is 0. The van der Waals surface area contributed by atoms with Crippen LogP contribution in [0.4, 0.5) is 0 Å². The fraction of sp³-hybridized carbons (Fsp3) is 0.400. The van der Waals surface area contributed by atoms with E-state index in [2.05, 4.69) is 51.8 Å². The number of halogens is 2. The lowest BCUT2D eigenvalue weighted by Gasteiger charge is -2.27. The number of aromatic nitrogens is 2. The van der Waals surface area contributed by atoms with Crippen molar-refractivity contribution >= 4 is 35.0 Å². The van der Waals surface area contributed by atoms with Gasteiger partial charge in [0, 0.05) is 22.4 Å². The molecule has 1 saturated heterocycles. The van der Waals surface area contributed by atoms with Crippen molar-refractivity contribution in [2.24, 2.45) is 0 Å². The van der Waals surface area contributed by atoms with Crippen molar-refractivity contribution in [3.05, 3.63) is 52.1 Å². The van der Waals surface area contributed by atoms with Crippen LogP contribution >= 0.6 is 35.0 Å². The molecular formula is C15H18ClIN2O2. The molecule has 2 aromatic rings. The molecule has 1 aliphatic heterocycles. The topological polar surface area (TPSA) is 36.3 Å². The molecule has 0 N–H and O–H groups in total. The molecule has 0 aliphatic carbocycles. The first-order chi connectivity index (χ1) is 9.76. The lowest BCUT2D eigenvalue weighted by Crippen LogP contribution is -2.35. The second kappa shape index (κ2) is 7.58. The molecule has 4 nitrogen and oxygen atoms in total. The Balaban J connectivity index is 0.00000161. The Morgan fingerprint density at radius 3 is 2.52 bits per heavy atom. The quantitative estimate of drug-likeness (QED) is 0.697. The van der Waals surface area contributed by atoms with Gasteiger partial charge in [-0.05, 0) is 46.7 Å². The largest absolute Gasteiger partial charge is 0.346 e. The Hall–Kier alpha value is -0.630. The smallest absolute Gasteiger partial charge is 0.186 e. The monoisotopic (exact) mass is 420 g/mol. The van der Waals surface area contributed by atoms with Gasteiger partial charge in [-0.1, -0.05) is 12.1 Å². The first kappa shape index (κ1) is 16.7. The molecule has 0 bridgehead atoms. The van der Waals surface area contributed by atoms with Crippen molar-refractivity contribution in [3.8, 4) is 0 Å². The van der Waals surface area contributed by atoms with Crippen molar-refractivity contribution < 1.29 is 9.47 Å². The Labute approximate surface area is 144 Å². The van der Waals surface area contributed by atoms with Gasteiger partial charge in [0.05, 0.1) is 26.1 Å². The summed E-state index contributed by atoms with van der Waals surface area (Å²) in [5.74, 6) is -0.510. The zero-order valence-electron chi connectivity index (χ0n) is 11.6. The summed E-state index contributed by atoms with van der Waals surface area (Å²) in [6.45, 7) is 2.03. The van der Waals surface area contributed by atoms with Crippen molar-refractivity contribution in [2.45, 2.75) is 25.2 Å². The first-order valence-corrected chi connectivity index (χ1v) is 7.82. The van der Waals surface area contributed by atoms with Crippen LogP contribution in [0.15, 0.2) is 43.0 Å². The summed E-state index contributed by atoms with van der Waals surface area (Å²) in [5.41, 5.74) is 1.31. The fourth-order valence-electron chi connectivity index (χ4n) is 2.46. The van der Waals surface area contributed by atoms with E-state index in [9.17, 15) is 0 Å². The molecule has 3 rings (SSSR count). The zero-order chi connectivity index (χ0) is 13.8. The summed E-state index contributed by atoms with van der Waals surface area (Å²) >= 11 is 2.32. The fourth-order valence-corrected chi connectivity index (χ4v) is 2.82. The Kier molecular flexibility index (Phi) is 6.04. The highest BCUT2D eigenvalue weighted by Gasteiger charge is 2.36. The summed E-state index contributed by atoms with van der Waals surface area (Å²) in [4.78, 5) is 4.07. The van der Waals surface area contributed by atoms with Crippen molar-refractivity contribution in [1.82, 2.24) is 9.55 Å². The summed E-state index contributed by atoms with van der Waals surface area (Å²) in [7, 11) is 0. The lowest BCUT2D eigenvalue weighted by molar-refractivity contribution is -0.171. The molecule has 114 valence electrons. The number of imidazole rings is 1. The summed E-state index contributed by atoms with van der Waals surface area (Å²) in [6, 6.07) is 8.60. The standard InChI is InChI=1S/C15H17IN2O2.ClH/c16-14-3-1-13(2-4-14)5-6-15(19-9-10-20-15)11-18-8-7-17-12-18;/h1-4,7-8,12H,5-6,9-11H2;1H. The highest BCUT2D eigenvalue weighted by atomic mass is 127. The van der Waals surface area contributed by atoms with Gasteiger partial charge < -0.3 is 14.0 Å². The van der Waals surface area contributed by atoms with Gasteiger partial charge in [0.25, 0.3) is 0 Å². The second-order valence-corrected chi connectivity index (χ2v) is 6.21. The van der Waals surface area contributed by atoms with Gasteiger partial charge in [-0.3, -0.25) is 0 Å². The van der Waals surface area contributed by atoms with E-state index < -0.39 is 5.79 Å². The predicted molar refractivity (Wildman–Crippen MR) is 91.6 cm³/mol. The van der Waals surface area contributed by atoms with Crippen LogP contribution in [0.1, 0.15) is 12.0 Å². The van der Waals surface area contributed by atoms with Crippen molar-refractivity contribution in [2.75, 3.05) is 13.2 Å². The molecule has 1 fully saturated rings. The molecule has 0 spiro atoms. The molecule has 1 aromatic carbocycles. The molecule has 1 aromatic heterocycles. The maximum absolute atomic E-state index is 5.89. The van der Waals surface area contributed by atoms with Gasteiger partial charge in [0.2, 0.25) is 0 Å². The summed E-state index contributed by atoms with van der Waals surface area (Å²) in [6.07, 6.45) is 7.33. The van der Waals surface area contributed by atoms with Gasteiger partial charge >= 0.3 is 0 Å². The number of ether oxygens (including phenoxy) is 2. The normalized spacial score (nSPS) is 16.6. The van der Waals surface area contributed by atoms with E-state index in [0.29, 0.717) is 19.8 Å². The van der Waals surface area contributed by atoms with Gasteiger partial charge in [0.15, 0.2) is 5.79 Å². The van der Waals surface area contributed by atoms with Crippen molar-refractivity contribution in [1.29, 1.82) is 0 Å². The van der Waals surface area contributed by atoms with Crippen LogP contribution in [-0.4, -0.2) is 28.6 Å². The SMILES string of the molecule is Cl.Ic1ccc(CCC2(Cn3ccnc3)OCCO2)cc1. The maximum Gasteiger partial charge on any atom is 0.186 e. The molecule has 2 heterocycles. The van der Waals surface area contributed by atoms with Gasteiger partial charge in [-0.25, -0.2) is 4.98 Å². The van der Waals surface area contributed by atoms with E-state index in [1.54, 1.807) is 12.5 Å². The van der Waals surface area contributed by atoms with Crippen LogP contribution in [0.5, 0.6) is 0 Å². The van der Waals surface area contributed by atoms with E-state index in [0.717, 1.165) is 12.8 Å². The molecule has 0 radical (unpaired) electrons. The number of benzene rings is 1.